The van der Waals surface area contributed by atoms with E-state index in [2.05, 4.69) is 4.74 Å². The molecule has 2 N–H and O–H groups in total. The Hall–Kier alpha value is -2.28. The highest BCUT2D eigenvalue weighted by atomic mass is 31.2. The Morgan fingerprint density at radius 2 is 1.05 bits per heavy atom. The minimum atomic E-state index is -8.56. The minimum absolute atomic E-state index is 0.282. The molecule has 0 bridgehead atoms. The molecule has 0 aromatic heterocycles. The van der Waals surface area contributed by atoms with Crippen molar-refractivity contribution < 1.29 is 93.7 Å². The molecule has 38 heavy (non-hydrogen) atoms. The third kappa shape index (κ3) is 5.83. The summed E-state index contributed by atoms with van der Waals surface area (Å²) in [6.07, 6.45) is -15.0. The van der Waals surface area contributed by atoms with E-state index in [0.29, 0.717) is 12.1 Å². The predicted molar refractivity (Wildman–Crippen MR) is 87.8 cm³/mol. The average molecular weight is 618 g/mol. The van der Waals surface area contributed by atoms with Gasteiger partial charge in [-0.2, -0.15) is 70.2 Å². The van der Waals surface area contributed by atoms with Crippen LogP contribution in [-0.2, 0) is 10.7 Å². The Morgan fingerprint density at radius 3 is 1.42 bits per heavy atom. The molecule has 0 aliphatic rings. The first-order chi connectivity index (χ1) is 16.5. The maximum Gasteiger partial charge on any atom is 0.460 e. The number of rotatable bonds is 10. The standard InChI is InChI=1S/C16H8F17O4P/c17-8(9(18)11(21,22)37-7-3-1-6(2-4-7)5-38(34,35)36)10(19,20)12(23,24)13(25,26)14(27,28)15(29,30)16(31,32)33/h1-4H,5H2,(H2,34,35,36)/b9-8+. The van der Waals surface area contributed by atoms with E-state index in [4.69, 9.17) is 9.79 Å². The number of hydrogen-bond acceptors (Lipinski definition) is 2. The van der Waals surface area contributed by atoms with Crippen LogP contribution in [0.4, 0.5) is 74.6 Å². The molecule has 22 heteroatoms. The fraction of sp³-hybridized carbons (Fsp3) is 0.500. The lowest BCUT2D eigenvalue weighted by molar-refractivity contribution is -0.437. The first-order valence-corrected chi connectivity index (χ1v) is 10.5. The van der Waals surface area contributed by atoms with E-state index in [9.17, 15) is 79.2 Å². The second-order valence-electron chi connectivity index (χ2n) is 7.08. The van der Waals surface area contributed by atoms with Crippen LogP contribution >= 0.6 is 7.60 Å². The summed E-state index contributed by atoms with van der Waals surface area (Å²) in [6, 6.07) is 1.69. The van der Waals surface area contributed by atoms with Crippen LogP contribution < -0.4 is 4.74 Å². The Morgan fingerprint density at radius 1 is 0.658 bits per heavy atom. The van der Waals surface area contributed by atoms with Gasteiger partial charge in [-0.05, 0) is 17.7 Å². The molecule has 0 saturated heterocycles. The van der Waals surface area contributed by atoms with Crippen molar-refractivity contribution in [1.82, 2.24) is 0 Å². The number of hydrogen-bond donors (Lipinski definition) is 2. The van der Waals surface area contributed by atoms with Crippen molar-refractivity contribution in [2.45, 2.75) is 48.1 Å². The molecule has 4 nitrogen and oxygen atoms in total. The molecule has 0 unspecified atom stereocenters. The van der Waals surface area contributed by atoms with Gasteiger partial charge in [0, 0.05) is 0 Å². The quantitative estimate of drug-likeness (QED) is 0.215. The van der Waals surface area contributed by atoms with Gasteiger partial charge in [-0.15, -0.1) is 0 Å². The summed E-state index contributed by atoms with van der Waals surface area (Å²) in [5.74, 6) is -52.5. The van der Waals surface area contributed by atoms with Crippen LogP contribution in [0.1, 0.15) is 5.56 Å². The van der Waals surface area contributed by atoms with Crippen molar-refractivity contribution in [1.29, 1.82) is 0 Å². The maximum atomic E-state index is 13.7. The monoisotopic (exact) mass is 618 g/mol. The Labute approximate surface area is 197 Å². The molecular formula is C16H8F17O4P. The van der Waals surface area contributed by atoms with Gasteiger partial charge in [-0.1, -0.05) is 12.1 Å². The van der Waals surface area contributed by atoms with E-state index < -0.39 is 73.1 Å². The highest BCUT2D eigenvalue weighted by molar-refractivity contribution is 7.50. The van der Waals surface area contributed by atoms with Crippen molar-refractivity contribution in [2.24, 2.45) is 0 Å². The number of benzene rings is 1. The van der Waals surface area contributed by atoms with Crippen LogP contribution in [0.15, 0.2) is 35.9 Å². The van der Waals surface area contributed by atoms with Crippen molar-refractivity contribution in [3.05, 3.63) is 41.5 Å². The molecule has 0 aliphatic heterocycles. The molecule has 220 valence electrons. The van der Waals surface area contributed by atoms with Gasteiger partial charge in [-0.25, -0.2) is 4.39 Å². The average Bonchev–Trinajstić information content (AvgIpc) is 2.71. The minimum Gasteiger partial charge on any atom is -0.427 e. The zero-order valence-electron chi connectivity index (χ0n) is 17.1. The normalized spacial score (nSPS) is 15.9. The molecule has 0 heterocycles. The van der Waals surface area contributed by atoms with E-state index in [-0.39, 0.29) is 17.7 Å². The third-order valence-corrected chi connectivity index (χ3v) is 4.99. The summed E-state index contributed by atoms with van der Waals surface area (Å²) >= 11 is 0. The van der Waals surface area contributed by atoms with Gasteiger partial charge in [-0.3, -0.25) is 4.57 Å². The van der Waals surface area contributed by atoms with Crippen LogP contribution in [0.25, 0.3) is 0 Å². The van der Waals surface area contributed by atoms with Crippen molar-refractivity contribution in [3.63, 3.8) is 0 Å². The third-order valence-electron chi connectivity index (χ3n) is 4.22. The molecule has 0 atom stereocenters. The lowest BCUT2D eigenvalue weighted by atomic mass is 9.93. The van der Waals surface area contributed by atoms with Gasteiger partial charge in [0.05, 0.1) is 6.16 Å². The van der Waals surface area contributed by atoms with Crippen LogP contribution in [0.3, 0.4) is 0 Å². The smallest absolute Gasteiger partial charge is 0.427 e. The molecule has 1 rings (SSSR count). The predicted octanol–water partition coefficient (Wildman–Crippen LogP) is 7.23. The molecule has 0 fully saturated rings. The first-order valence-electron chi connectivity index (χ1n) is 8.69. The Kier molecular flexibility index (Phi) is 8.64. The molecule has 1 aromatic rings. The molecule has 0 amide bonds. The fourth-order valence-electron chi connectivity index (χ4n) is 2.27. The van der Waals surface area contributed by atoms with Gasteiger partial charge >= 0.3 is 49.5 Å². The van der Waals surface area contributed by atoms with Gasteiger partial charge in [0.25, 0.3) is 0 Å². The molecule has 0 aliphatic carbocycles. The number of ether oxygens (including phenoxy) is 1. The molecule has 1 aromatic carbocycles. The van der Waals surface area contributed by atoms with E-state index in [1.165, 1.54) is 0 Å². The summed E-state index contributed by atoms with van der Waals surface area (Å²) in [5.41, 5.74) is -0.332. The van der Waals surface area contributed by atoms with Crippen LogP contribution in [0, 0.1) is 0 Å². The van der Waals surface area contributed by atoms with Gasteiger partial charge < -0.3 is 14.5 Å². The highest BCUT2D eigenvalue weighted by Crippen LogP contribution is 2.61. The largest absolute Gasteiger partial charge is 0.460 e. The highest BCUT2D eigenvalue weighted by Gasteiger charge is 2.91. The topological polar surface area (TPSA) is 66.8 Å². The first kappa shape index (κ1) is 33.7. The lowest BCUT2D eigenvalue weighted by Gasteiger charge is -2.39. The number of halogens is 17. The molecular weight excluding hydrogens is 610 g/mol. The van der Waals surface area contributed by atoms with Crippen LogP contribution in [0.5, 0.6) is 5.75 Å². The summed E-state index contributed by atoms with van der Waals surface area (Å²) in [5, 5.41) is 0. The SMILES string of the molecule is O=P(O)(O)Cc1ccc(OC(F)(F)/C(F)=C(\F)C(F)(F)C(F)(F)C(F)(F)C(F)(F)C(F)(F)C(F)(F)F)cc1. The lowest BCUT2D eigenvalue weighted by Crippen LogP contribution is -2.70. The maximum absolute atomic E-state index is 13.7. The Balaban J connectivity index is 3.48. The van der Waals surface area contributed by atoms with E-state index >= 15 is 0 Å². The summed E-state index contributed by atoms with van der Waals surface area (Å²) in [6.45, 7) is 0. The molecule has 0 saturated carbocycles. The zero-order chi connectivity index (χ0) is 30.6. The fourth-order valence-corrected chi connectivity index (χ4v) is 2.95. The van der Waals surface area contributed by atoms with Gasteiger partial charge in [0.2, 0.25) is 11.7 Å². The summed E-state index contributed by atoms with van der Waals surface area (Å²) in [4.78, 5) is 17.5. The Bertz CT molecular complexity index is 1090. The second-order valence-corrected chi connectivity index (χ2v) is 8.73. The van der Waals surface area contributed by atoms with E-state index in [1.807, 2.05) is 0 Å². The van der Waals surface area contributed by atoms with E-state index in [0.717, 1.165) is 0 Å². The van der Waals surface area contributed by atoms with Gasteiger partial charge in [0.1, 0.15) is 5.75 Å². The van der Waals surface area contributed by atoms with Crippen molar-refractivity contribution >= 4 is 7.60 Å². The molecule has 0 radical (unpaired) electrons. The molecule has 0 spiro atoms. The van der Waals surface area contributed by atoms with Crippen molar-refractivity contribution in [3.8, 4) is 5.75 Å². The van der Waals surface area contributed by atoms with Gasteiger partial charge in [0.15, 0.2) is 0 Å². The van der Waals surface area contributed by atoms with Crippen molar-refractivity contribution in [2.75, 3.05) is 0 Å². The van der Waals surface area contributed by atoms with E-state index in [1.54, 1.807) is 0 Å². The summed E-state index contributed by atoms with van der Waals surface area (Å²) < 4.78 is 238. The number of allylic oxidation sites excluding steroid dienone is 1. The summed E-state index contributed by atoms with van der Waals surface area (Å²) in [7, 11) is -4.74. The number of alkyl halides is 15. The zero-order valence-corrected chi connectivity index (χ0v) is 18.0. The van der Waals surface area contributed by atoms with Crippen LogP contribution in [0.2, 0.25) is 0 Å². The van der Waals surface area contributed by atoms with Crippen LogP contribution in [-0.4, -0.2) is 51.7 Å². The second kappa shape index (κ2) is 9.72.